The van der Waals surface area contributed by atoms with Crippen molar-refractivity contribution in [2.45, 2.75) is 18.8 Å². The summed E-state index contributed by atoms with van der Waals surface area (Å²) >= 11 is 0. The van der Waals surface area contributed by atoms with Gasteiger partial charge in [0.25, 0.3) is 0 Å². The summed E-state index contributed by atoms with van der Waals surface area (Å²) < 4.78 is 0. The number of hydrogen-bond donors (Lipinski definition) is 1. The van der Waals surface area contributed by atoms with Crippen LogP contribution in [0.2, 0.25) is 0 Å². The molecule has 0 bridgehead atoms. The molecule has 1 fully saturated rings. The second-order valence-corrected chi connectivity index (χ2v) is 3.81. The first-order chi connectivity index (χ1) is 7.40. The van der Waals surface area contributed by atoms with Gasteiger partial charge in [-0.1, -0.05) is 23.3 Å². The summed E-state index contributed by atoms with van der Waals surface area (Å²) in [6.45, 7) is 2.16. The number of nitrogens with one attached hydrogen (secondary N) is 1. The Balaban J connectivity index is 2.19. The molecular formula is C11H14N4. The molecule has 4 heteroatoms. The van der Waals surface area contributed by atoms with Crippen molar-refractivity contribution in [3.63, 3.8) is 0 Å². The fourth-order valence-corrected chi connectivity index (χ4v) is 2.05. The molecule has 0 amide bonds. The van der Waals surface area contributed by atoms with Crippen LogP contribution < -0.4 is 5.32 Å². The summed E-state index contributed by atoms with van der Waals surface area (Å²) in [6, 6.07) is 7.91. The minimum Gasteiger partial charge on any atom is -0.317 e. The van der Waals surface area contributed by atoms with Gasteiger partial charge in [0.15, 0.2) is 0 Å². The first kappa shape index (κ1) is 10.0. The Morgan fingerprint density at radius 2 is 2.13 bits per heavy atom. The van der Waals surface area contributed by atoms with Gasteiger partial charge in [-0.25, -0.2) is 0 Å². The van der Waals surface area contributed by atoms with E-state index in [2.05, 4.69) is 21.4 Å². The molecule has 1 aromatic carbocycles. The smallest absolute Gasteiger partial charge is 0.0378 e. The van der Waals surface area contributed by atoms with E-state index in [1.807, 2.05) is 18.2 Å². The molecule has 1 aliphatic rings. The van der Waals surface area contributed by atoms with Crippen molar-refractivity contribution in [2.24, 2.45) is 5.11 Å². The van der Waals surface area contributed by atoms with Gasteiger partial charge in [-0.05, 0) is 49.0 Å². The van der Waals surface area contributed by atoms with E-state index in [9.17, 15) is 0 Å². The van der Waals surface area contributed by atoms with Crippen LogP contribution in [0.4, 0.5) is 5.69 Å². The van der Waals surface area contributed by atoms with Crippen LogP contribution in [0.15, 0.2) is 29.4 Å². The third kappa shape index (κ3) is 2.49. The average Bonchev–Trinajstić information content (AvgIpc) is 2.31. The van der Waals surface area contributed by atoms with Crippen LogP contribution in [-0.4, -0.2) is 13.1 Å². The first-order valence-corrected chi connectivity index (χ1v) is 5.26. The van der Waals surface area contributed by atoms with Gasteiger partial charge in [-0.2, -0.15) is 0 Å². The van der Waals surface area contributed by atoms with E-state index in [-0.39, 0.29) is 0 Å². The van der Waals surface area contributed by atoms with E-state index in [0.29, 0.717) is 11.6 Å². The van der Waals surface area contributed by atoms with E-state index >= 15 is 0 Å². The zero-order valence-corrected chi connectivity index (χ0v) is 8.56. The highest BCUT2D eigenvalue weighted by molar-refractivity contribution is 5.41. The number of hydrogen-bond acceptors (Lipinski definition) is 2. The second-order valence-electron chi connectivity index (χ2n) is 3.81. The first-order valence-electron chi connectivity index (χ1n) is 5.26. The number of benzene rings is 1. The molecular weight excluding hydrogens is 188 g/mol. The van der Waals surface area contributed by atoms with E-state index in [1.54, 1.807) is 0 Å². The van der Waals surface area contributed by atoms with Gasteiger partial charge < -0.3 is 5.32 Å². The predicted octanol–water partition coefficient (Wildman–Crippen LogP) is 3.10. The van der Waals surface area contributed by atoms with Gasteiger partial charge in [0.05, 0.1) is 0 Å². The number of rotatable bonds is 2. The molecule has 78 valence electrons. The molecule has 0 atom stereocenters. The van der Waals surface area contributed by atoms with E-state index in [0.717, 1.165) is 13.1 Å². The lowest BCUT2D eigenvalue weighted by molar-refractivity contribution is 0.460. The molecule has 0 unspecified atom stereocenters. The quantitative estimate of drug-likeness (QED) is 0.447. The molecule has 1 saturated heterocycles. The third-order valence-corrected chi connectivity index (χ3v) is 2.84. The predicted molar refractivity (Wildman–Crippen MR) is 60.1 cm³/mol. The van der Waals surface area contributed by atoms with Crippen molar-refractivity contribution in [2.75, 3.05) is 13.1 Å². The molecule has 0 saturated carbocycles. The third-order valence-electron chi connectivity index (χ3n) is 2.84. The Morgan fingerprint density at radius 3 is 2.87 bits per heavy atom. The monoisotopic (exact) mass is 202 g/mol. The molecule has 0 spiro atoms. The fourth-order valence-electron chi connectivity index (χ4n) is 2.05. The Bertz CT molecular complexity index is 376. The standard InChI is InChI=1S/C11H14N4/c12-15-14-11-3-1-2-10(8-11)9-4-6-13-7-5-9/h1-3,8-9,13H,4-7H2. The number of nitrogens with zero attached hydrogens (tertiary/aromatic N) is 3. The Hall–Kier alpha value is -1.51. The lowest BCUT2D eigenvalue weighted by Gasteiger charge is -2.23. The van der Waals surface area contributed by atoms with Crippen LogP contribution >= 0.6 is 0 Å². The molecule has 1 N–H and O–H groups in total. The Kier molecular flexibility index (Phi) is 3.22. The zero-order chi connectivity index (χ0) is 10.5. The summed E-state index contributed by atoms with van der Waals surface area (Å²) in [6.07, 6.45) is 2.33. The van der Waals surface area contributed by atoms with Crippen molar-refractivity contribution in [3.05, 3.63) is 40.3 Å². The Labute approximate surface area is 88.9 Å². The highest BCUT2D eigenvalue weighted by atomic mass is 15.1. The largest absolute Gasteiger partial charge is 0.317 e. The van der Waals surface area contributed by atoms with Gasteiger partial charge in [0.2, 0.25) is 0 Å². The zero-order valence-electron chi connectivity index (χ0n) is 8.56. The van der Waals surface area contributed by atoms with Gasteiger partial charge in [0, 0.05) is 10.6 Å². The number of azide groups is 1. The molecule has 1 aliphatic heterocycles. The van der Waals surface area contributed by atoms with Crippen molar-refractivity contribution in [3.8, 4) is 0 Å². The highest BCUT2D eigenvalue weighted by Crippen LogP contribution is 2.27. The maximum absolute atomic E-state index is 8.37. The van der Waals surface area contributed by atoms with Gasteiger partial charge in [-0.3, -0.25) is 0 Å². The molecule has 1 heterocycles. The molecule has 4 nitrogen and oxygen atoms in total. The molecule has 2 rings (SSSR count). The maximum atomic E-state index is 8.37. The molecule has 0 radical (unpaired) electrons. The van der Waals surface area contributed by atoms with Crippen LogP contribution in [0.3, 0.4) is 0 Å². The van der Waals surface area contributed by atoms with E-state index in [4.69, 9.17) is 5.53 Å². The summed E-state index contributed by atoms with van der Waals surface area (Å²) in [5, 5.41) is 6.97. The van der Waals surface area contributed by atoms with E-state index < -0.39 is 0 Å². The lowest BCUT2D eigenvalue weighted by atomic mass is 9.90. The minimum absolute atomic E-state index is 0.611. The van der Waals surface area contributed by atoms with Crippen LogP contribution in [0, 0.1) is 0 Å². The van der Waals surface area contributed by atoms with E-state index in [1.165, 1.54) is 18.4 Å². The molecule has 1 aromatic rings. The van der Waals surface area contributed by atoms with Crippen LogP contribution in [-0.2, 0) is 0 Å². The molecule has 0 aliphatic carbocycles. The Morgan fingerprint density at radius 1 is 1.33 bits per heavy atom. The molecule has 15 heavy (non-hydrogen) atoms. The SMILES string of the molecule is [N-]=[N+]=Nc1cccc(C2CCNCC2)c1. The normalized spacial score (nSPS) is 17.1. The average molecular weight is 202 g/mol. The lowest BCUT2D eigenvalue weighted by Crippen LogP contribution is -2.26. The van der Waals surface area contributed by atoms with Crippen LogP contribution in [0.25, 0.3) is 10.4 Å². The van der Waals surface area contributed by atoms with Gasteiger partial charge in [0.1, 0.15) is 0 Å². The summed E-state index contributed by atoms with van der Waals surface area (Å²) in [5.41, 5.74) is 10.4. The number of piperidine rings is 1. The van der Waals surface area contributed by atoms with Crippen molar-refractivity contribution in [1.82, 2.24) is 5.32 Å². The van der Waals surface area contributed by atoms with Crippen molar-refractivity contribution in [1.29, 1.82) is 0 Å². The second kappa shape index (κ2) is 4.82. The topological polar surface area (TPSA) is 60.8 Å². The summed E-state index contributed by atoms with van der Waals surface area (Å²) in [7, 11) is 0. The van der Waals surface area contributed by atoms with Crippen molar-refractivity contribution < 1.29 is 0 Å². The molecule has 0 aromatic heterocycles. The minimum atomic E-state index is 0.611. The van der Waals surface area contributed by atoms with Crippen LogP contribution in [0.5, 0.6) is 0 Å². The maximum Gasteiger partial charge on any atom is 0.0378 e. The van der Waals surface area contributed by atoms with Crippen molar-refractivity contribution >= 4 is 5.69 Å². The summed E-state index contributed by atoms with van der Waals surface area (Å²) in [5.74, 6) is 0.611. The van der Waals surface area contributed by atoms with Gasteiger partial charge >= 0.3 is 0 Å². The summed E-state index contributed by atoms with van der Waals surface area (Å²) in [4.78, 5) is 2.80. The highest BCUT2D eigenvalue weighted by Gasteiger charge is 2.14. The fraction of sp³-hybridized carbons (Fsp3) is 0.455. The van der Waals surface area contributed by atoms with Crippen LogP contribution in [0.1, 0.15) is 24.3 Å². The van der Waals surface area contributed by atoms with Gasteiger partial charge in [-0.15, -0.1) is 0 Å².